The van der Waals surface area contributed by atoms with Crippen molar-refractivity contribution in [3.63, 3.8) is 0 Å². The van der Waals surface area contributed by atoms with Crippen molar-refractivity contribution in [2.24, 2.45) is 0 Å². The molecule has 0 spiro atoms. The second kappa shape index (κ2) is 5.18. The first-order valence-electron chi connectivity index (χ1n) is 4.14. The topological polar surface area (TPSA) is 59.1 Å². The smallest absolute Gasteiger partial charge is 0.113 e. The first-order valence-corrected chi connectivity index (χ1v) is 4.14. The molecule has 0 aliphatic carbocycles. The molecule has 3 nitrogen and oxygen atoms in total. The number of unbranched alkanes of at least 4 members (excludes halogenated alkanes) is 1. The Morgan fingerprint density at radius 2 is 2.31 bits per heavy atom. The van der Waals surface area contributed by atoms with Gasteiger partial charge < -0.3 is 10.8 Å². The zero-order valence-electron chi connectivity index (χ0n) is 7.33. The molecular formula is C10H12N2O. The number of pyridine rings is 1. The molecule has 1 heterocycles. The highest BCUT2D eigenvalue weighted by Crippen LogP contribution is 1.99. The van der Waals surface area contributed by atoms with Gasteiger partial charge in [0, 0.05) is 13.0 Å². The van der Waals surface area contributed by atoms with Crippen LogP contribution in [-0.4, -0.2) is 16.7 Å². The third-order valence-corrected chi connectivity index (χ3v) is 1.46. The molecule has 0 radical (unpaired) electrons. The lowest BCUT2D eigenvalue weighted by Crippen LogP contribution is -1.87. The van der Waals surface area contributed by atoms with E-state index in [4.69, 9.17) is 10.8 Å². The van der Waals surface area contributed by atoms with Crippen LogP contribution in [0.1, 0.15) is 18.5 Å². The molecule has 68 valence electrons. The summed E-state index contributed by atoms with van der Waals surface area (Å²) in [5, 5.41) is 8.50. The maximum Gasteiger partial charge on any atom is 0.113 e. The molecule has 0 bridgehead atoms. The fraction of sp³-hybridized carbons (Fsp3) is 0.300. The maximum atomic E-state index is 8.50. The summed E-state index contributed by atoms with van der Waals surface area (Å²) in [5.41, 5.74) is 6.81. The minimum absolute atomic E-state index is 0.184. The van der Waals surface area contributed by atoms with Crippen LogP contribution in [0.4, 0.5) is 5.69 Å². The molecule has 0 atom stereocenters. The molecule has 0 amide bonds. The quantitative estimate of drug-likeness (QED) is 0.517. The largest absolute Gasteiger partial charge is 0.397 e. The molecule has 0 fully saturated rings. The van der Waals surface area contributed by atoms with E-state index in [0.717, 1.165) is 0 Å². The van der Waals surface area contributed by atoms with E-state index in [0.29, 0.717) is 24.2 Å². The first-order chi connectivity index (χ1) is 6.33. The molecule has 3 heteroatoms. The molecule has 3 N–H and O–H groups in total. The fourth-order valence-electron chi connectivity index (χ4n) is 0.800. The van der Waals surface area contributed by atoms with Crippen LogP contribution in [0, 0.1) is 11.8 Å². The Labute approximate surface area is 77.6 Å². The van der Waals surface area contributed by atoms with E-state index in [-0.39, 0.29) is 6.61 Å². The summed E-state index contributed by atoms with van der Waals surface area (Å²) in [4.78, 5) is 4.01. The molecule has 0 unspecified atom stereocenters. The Kier molecular flexibility index (Phi) is 3.80. The minimum Gasteiger partial charge on any atom is -0.397 e. The van der Waals surface area contributed by atoms with Crippen molar-refractivity contribution in [1.82, 2.24) is 4.98 Å². The molecule has 13 heavy (non-hydrogen) atoms. The standard InChI is InChI=1S/C10H12N2O/c11-9-5-6-10(12-8-9)4-2-1-3-7-13/h5-6,8,13H,1,3,7,11H2. The Balaban J connectivity index is 2.52. The fourth-order valence-corrected chi connectivity index (χ4v) is 0.800. The summed E-state index contributed by atoms with van der Waals surface area (Å²) >= 11 is 0. The average molecular weight is 176 g/mol. The second-order valence-corrected chi connectivity index (χ2v) is 2.61. The zero-order valence-corrected chi connectivity index (χ0v) is 7.33. The van der Waals surface area contributed by atoms with Crippen LogP contribution < -0.4 is 5.73 Å². The van der Waals surface area contributed by atoms with Crippen molar-refractivity contribution >= 4 is 5.69 Å². The predicted molar refractivity (Wildman–Crippen MR) is 51.8 cm³/mol. The number of hydrogen-bond donors (Lipinski definition) is 2. The molecular weight excluding hydrogens is 164 g/mol. The van der Waals surface area contributed by atoms with Gasteiger partial charge in [0.15, 0.2) is 0 Å². The van der Waals surface area contributed by atoms with E-state index in [1.807, 2.05) is 0 Å². The van der Waals surface area contributed by atoms with Gasteiger partial charge in [-0.05, 0) is 24.5 Å². The first kappa shape index (κ1) is 9.56. The Morgan fingerprint density at radius 3 is 2.92 bits per heavy atom. The van der Waals surface area contributed by atoms with Gasteiger partial charge in [0.1, 0.15) is 5.69 Å². The molecule has 0 saturated heterocycles. The maximum absolute atomic E-state index is 8.50. The number of nitrogens with zero attached hydrogens (tertiary/aromatic N) is 1. The van der Waals surface area contributed by atoms with Gasteiger partial charge >= 0.3 is 0 Å². The van der Waals surface area contributed by atoms with Gasteiger partial charge in [0.2, 0.25) is 0 Å². The number of hydrogen-bond acceptors (Lipinski definition) is 3. The van der Waals surface area contributed by atoms with Gasteiger partial charge in [-0.3, -0.25) is 0 Å². The van der Waals surface area contributed by atoms with Crippen molar-refractivity contribution in [3.8, 4) is 11.8 Å². The Morgan fingerprint density at radius 1 is 1.46 bits per heavy atom. The third kappa shape index (κ3) is 3.59. The minimum atomic E-state index is 0.184. The van der Waals surface area contributed by atoms with Crippen LogP contribution in [0.25, 0.3) is 0 Å². The lowest BCUT2D eigenvalue weighted by atomic mass is 10.3. The zero-order chi connectivity index (χ0) is 9.52. The number of nitrogens with two attached hydrogens (primary N) is 1. The van der Waals surface area contributed by atoms with Crippen LogP contribution in [0.2, 0.25) is 0 Å². The lowest BCUT2D eigenvalue weighted by Gasteiger charge is -1.90. The molecule has 0 aliphatic heterocycles. The molecule has 1 rings (SSSR count). The number of aromatic nitrogens is 1. The highest BCUT2D eigenvalue weighted by molar-refractivity contribution is 5.38. The monoisotopic (exact) mass is 176 g/mol. The predicted octanol–water partition coefficient (Wildman–Crippen LogP) is 0.788. The Hall–Kier alpha value is -1.53. The van der Waals surface area contributed by atoms with E-state index in [1.54, 1.807) is 18.3 Å². The molecule has 1 aromatic heterocycles. The van der Waals surface area contributed by atoms with E-state index in [9.17, 15) is 0 Å². The van der Waals surface area contributed by atoms with Crippen LogP contribution in [-0.2, 0) is 0 Å². The summed E-state index contributed by atoms with van der Waals surface area (Å²) in [5.74, 6) is 5.79. The van der Waals surface area contributed by atoms with E-state index in [1.165, 1.54) is 0 Å². The van der Waals surface area contributed by atoms with Crippen LogP contribution in [0.3, 0.4) is 0 Å². The molecule has 0 aliphatic rings. The molecule has 1 aromatic rings. The number of anilines is 1. The highest BCUT2D eigenvalue weighted by Gasteiger charge is 1.86. The van der Waals surface area contributed by atoms with Gasteiger partial charge in [-0.1, -0.05) is 5.92 Å². The normalized spacial score (nSPS) is 9.00. The van der Waals surface area contributed by atoms with Gasteiger partial charge in [-0.15, -0.1) is 0 Å². The average Bonchev–Trinajstić information content (AvgIpc) is 2.15. The second-order valence-electron chi connectivity index (χ2n) is 2.61. The van der Waals surface area contributed by atoms with E-state index < -0.39 is 0 Å². The number of aliphatic hydroxyl groups is 1. The number of rotatable bonds is 2. The summed E-state index contributed by atoms with van der Waals surface area (Å²) in [6.07, 6.45) is 2.99. The summed E-state index contributed by atoms with van der Waals surface area (Å²) in [6, 6.07) is 3.55. The lowest BCUT2D eigenvalue weighted by molar-refractivity contribution is 0.290. The summed E-state index contributed by atoms with van der Waals surface area (Å²) in [6.45, 7) is 0.184. The van der Waals surface area contributed by atoms with Crippen molar-refractivity contribution in [1.29, 1.82) is 0 Å². The van der Waals surface area contributed by atoms with Gasteiger partial charge in [-0.2, -0.15) is 0 Å². The van der Waals surface area contributed by atoms with Gasteiger partial charge in [0.05, 0.1) is 11.9 Å². The van der Waals surface area contributed by atoms with E-state index >= 15 is 0 Å². The SMILES string of the molecule is Nc1ccc(C#CCCCO)nc1. The highest BCUT2D eigenvalue weighted by atomic mass is 16.2. The third-order valence-electron chi connectivity index (χ3n) is 1.46. The van der Waals surface area contributed by atoms with Crippen molar-refractivity contribution in [3.05, 3.63) is 24.0 Å². The number of aliphatic hydroxyl groups excluding tert-OH is 1. The Bertz CT molecular complexity index is 308. The van der Waals surface area contributed by atoms with Crippen LogP contribution in [0.15, 0.2) is 18.3 Å². The van der Waals surface area contributed by atoms with E-state index in [2.05, 4.69) is 16.8 Å². The van der Waals surface area contributed by atoms with Crippen molar-refractivity contribution in [2.45, 2.75) is 12.8 Å². The van der Waals surface area contributed by atoms with Gasteiger partial charge in [-0.25, -0.2) is 4.98 Å². The van der Waals surface area contributed by atoms with Crippen molar-refractivity contribution in [2.75, 3.05) is 12.3 Å². The molecule has 0 saturated carbocycles. The molecule has 0 aromatic carbocycles. The van der Waals surface area contributed by atoms with Crippen LogP contribution >= 0.6 is 0 Å². The van der Waals surface area contributed by atoms with Gasteiger partial charge in [0.25, 0.3) is 0 Å². The van der Waals surface area contributed by atoms with Crippen molar-refractivity contribution < 1.29 is 5.11 Å². The summed E-state index contributed by atoms with van der Waals surface area (Å²) < 4.78 is 0. The van der Waals surface area contributed by atoms with Crippen LogP contribution in [0.5, 0.6) is 0 Å². The summed E-state index contributed by atoms with van der Waals surface area (Å²) in [7, 11) is 0. The number of nitrogen functional groups attached to an aromatic ring is 1.